The first-order valence-electron chi connectivity index (χ1n) is 10.0. The monoisotopic (exact) mass is 408 g/mol. The quantitative estimate of drug-likeness (QED) is 0.354. The Morgan fingerprint density at radius 1 is 0.839 bits per heavy atom. The van der Waals surface area contributed by atoms with E-state index in [-0.39, 0.29) is 11.7 Å². The van der Waals surface area contributed by atoms with Crippen LogP contribution in [-0.2, 0) is 0 Å². The summed E-state index contributed by atoms with van der Waals surface area (Å²) in [5, 5.41) is 0. The molecular formula is C27H20O4. The summed E-state index contributed by atoms with van der Waals surface area (Å²) in [6.45, 7) is 0. The number of Topliss-reactive ketones (excluding diaryl/α,β-unsaturated/α-hetero) is 1. The van der Waals surface area contributed by atoms with Crippen LogP contribution in [0.5, 0.6) is 17.2 Å². The molecule has 0 bridgehead atoms. The van der Waals surface area contributed by atoms with Gasteiger partial charge in [-0.05, 0) is 59.7 Å². The number of hydrogen-bond donors (Lipinski definition) is 0. The van der Waals surface area contributed by atoms with Crippen molar-refractivity contribution in [2.45, 2.75) is 5.92 Å². The van der Waals surface area contributed by atoms with Crippen LogP contribution in [0.25, 0.3) is 6.08 Å². The zero-order valence-corrected chi connectivity index (χ0v) is 16.9. The fourth-order valence-electron chi connectivity index (χ4n) is 4.01. The van der Waals surface area contributed by atoms with Crippen LogP contribution in [0.3, 0.4) is 0 Å². The van der Waals surface area contributed by atoms with Crippen molar-refractivity contribution < 1.29 is 18.7 Å². The second-order valence-electron chi connectivity index (χ2n) is 7.29. The van der Waals surface area contributed by atoms with Gasteiger partial charge >= 0.3 is 0 Å². The Labute approximate surface area is 180 Å². The Bertz CT molecular complexity index is 1240. The molecule has 3 aromatic carbocycles. The number of methoxy groups -OCH3 is 1. The number of hydrogen-bond acceptors (Lipinski definition) is 4. The second-order valence-corrected chi connectivity index (χ2v) is 7.29. The predicted molar refractivity (Wildman–Crippen MR) is 119 cm³/mol. The number of carbonyl (C=O) groups is 1. The number of ketones is 1. The maximum absolute atomic E-state index is 13.6. The van der Waals surface area contributed by atoms with Crippen molar-refractivity contribution in [3.05, 3.63) is 119 Å². The molecule has 5 rings (SSSR count). The maximum Gasteiger partial charge on any atom is 0.194 e. The van der Waals surface area contributed by atoms with E-state index in [0.717, 1.165) is 16.9 Å². The minimum atomic E-state index is -0.187. The van der Waals surface area contributed by atoms with Crippen molar-refractivity contribution >= 4 is 11.9 Å². The van der Waals surface area contributed by atoms with Crippen LogP contribution in [0.4, 0.5) is 0 Å². The van der Waals surface area contributed by atoms with Gasteiger partial charge in [0.15, 0.2) is 5.78 Å². The molecule has 0 fully saturated rings. The molecule has 0 unspecified atom stereocenters. The van der Waals surface area contributed by atoms with E-state index in [1.54, 1.807) is 13.4 Å². The van der Waals surface area contributed by atoms with Gasteiger partial charge in [0.2, 0.25) is 0 Å². The number of fused-ring (bicyclic) bond motifs is 1. The highest BCUT2D eigenvalue weighted by Gasteiger charge is 2.38. The Kier molecular flexibility index (Phi) is 4.89. The highest BCUT2D eigenvalue weighted by molar-refractivity contribution is 6.18. The highest BCUT2D eigenvalue weighted by Crippen LogP contribution is 2.46. The number of furan rings is 1. The molecule has 0 saturated heterocycles. The molecule has 1 atom stereocenters. The lowest BCUT2D eigenvalue weighted by Crippen LogP contribution is -2.02. The molecule has 4 heteroatoms. The summed E-state index contributed by atoms with van der Waals surface area (Å²) in [5.74, 6) is 2.33. The summed E-state index contributed by atoms with van der Waals surface area (Å²) in [6.07, 6.45) is 3.44. The van der Waals surface area contributed by atoms with E-state index in [2.05, 4.69) is 0 Å². The van der Waals surface area contributed by atoms with E-state index in [9.17, 15) is 4.79 Å². The largest absolute Gasteiger partial charge is 0.497 e. The SMILES string of the molecule is COc1ccc(Oc2cccc3c2C(=O)C(=Cc2ccco2)[C@@H]3c2ccccc2)cc1. The van der Waals surface area contributed by atoms with Gasteiger partial charge in [0.25, 0.3) is 0 Å². The molecule has 1 aromatic heterocycles. The van der Waals surface area contributed by atoms with Gasteiger partial charge in [0, 0.05) is 11.5 Å². The smallest absolute Gasteiger partial charge is 0.194 e. The van der Waals surface area contributed by atoms with Crippen LogP contribution in [0.2, 0.25) is 0 Å². The van der Waals surface area contributed by atoms with Gasteiger partial charge in [-0.3, -0.25) is 4.79 Å². The molecule has 1 heterocycles. The second kappa shape index (κ2) is 8.00. The van der Waals surface area contributed by atoms with Crippen molar-refractivity contribution in [3.63, 3.8) is 0 Å². The van der Waals surface area contributed by atoms with Crippen molar-refractivity contribution in [1.82, 2.24) is 0 Å². The normalized spacial score (nSPS) is 16.4. The summed E-state index contributed by atoms with van der Waals surface area (Å²) in [4.78, 5) is 13.6. The average Bonchev–Trinajstić information content (AvgIpc) is 3.42. The molecule has 4 aromatic rings. The van der Waals surface area contributed by atoms with E-state index >= 15 is 0 Å². The molecule has 0 aliphatic heterocycles. The molecule has 31 heavy (non-hydrogen) atoms. The Morgan fingerprint density at radius 3 is 2.32 bits per heavy atom. The van der Waals surface area contributed by atoms with Gasteiger partial charge < -0.3 is 13.9 Å². The third-order valence-electron chi connectivity index (χ3n) is 5.43. The highest BCUT2D eigenvalue weighted by atomic mass is 16.5. The van der Waals surface area contributed by atoms with Crippen molar-refractivity contribution in [2.75, 3.05) is 7.11 Å². The standard InChI is InChI=1S/C27H20O4/c1-29-19-12-14-20(15-13-19)31-24-11-5-10-22-25(18-7-3-2-4-8-18)23(27(28)26(22)24)17-21-9-6-16-30-21/h2-17,25H,1H3/t25-/m1/s1. The number of ether oxygens (including phenoxy) is 2. The van der Waals surface area contributed by atoms with E-state index in [4.69, 9.17) is 13.9 Å². The summed E-state index contributed by atoms with van der Waals surface area (Å²) in [5.41, 5.74) is 3.24. The molecule has 0 amide bonds. The first-order valence-corrected chi connectivity index (χ1v) is 10.0. The molecule has 152 valence electrons. The van der Waals surface area contributed by atoms with Gasteiger partial charge in [0.05, 0.1) is 18.9 Å². The maximum atomic E-state index is 13.6. The summed E-state index contributed by atoms with van der Waals surface area (Å²) >= 11 is 0. The minimum Gasteiger partial charge on any atom is -0.497 e. The van der Waals surface area contributed by atoms with Crippen molar-refractivity contribution in [1.29, 1.82) is 0 Å². The molecule has 1 aliphatic rings. The molecule has 0 radical (unpaired) electrons. The van der Waals surface area contributed by atoms with Crippen LogP contribution < -0.4 is 9.47 Å². The zero-order valence-electron chi connectivity index (χ0n) is 16.9. The van der Waals surface area contributed by atoms with E-state index in [1.165, 1.54) is 0 Å². The molecule has 0 spiro atoms. The van der Waals surface area contributed by atoms with Crippen LogP contribution in [-0.4, -0.2) is 12.9 Å². The van der Waals surface area contributed by atoms with E-state index in [1.807, 2.05) is 91.0 Å². The molecular weight excluding hydrogens is 388 g/mol. The Morgan fingerprint density at radius 2 is 1.61 bits per heavy atom. The van der Waals surface area contributed by atoms with Crippen LogP contribution in [0, 0.1) is 0 Å². The fourth-order valence-corrected chi connectivity index (χ4v) is 4.01. The van der Waals surface area contributed by atoms with Gasteiger partial charge in [-0.2, -0.15) is 0 Å². The average molecular weight is 408 g/mol. The molecule has 1 aliphatic carbocycles. The Hall–Kier alpha value is -4.05. The van der Waals surface area contributed by atoms with Gasteiger partial charge in [-0.1, -0.05) is 42.5 Å². The van der Waals surface area contributed by atoms with Crippen molar-refractivity contribution in [2.24, 2.45) is 0 Å². The lowest BCUT2D eigenvalue weighted by molar-refractivity contribution is 0.103. The summed E-state index contributed by atoms with van der Waals surface area (Å²) < 4.78 is 16.8. The topological polar surface area (TPSA) is 48.7 Å². The lowest BCUT2D eigenvalue weighted by atomic mass is 9.89. The molecule has 0 N–H and O–H groups in total. The van der Waals surface area contributed by atoms with E-state index in [0.29, 0.717) is 28.4 Å². The fraction of sp³-hybridized carbons (Fsp3) is 0.0741. The number of rotatable bonds is 5. The van der Waals surface area contributed by atoms with Crippen LogP contribution in [0.1, 0.15) is 33.2 Å². The number of carbonyl (C=O) groups excluding carboxylic acids is 1. The lowest BCUT2D eigenvalue weighted by Gasteiger charge is -2.14. The van der Waals surface area contributed by atoms with Gasteiger partial charge in [0.1, 0.15) is 23.0 Å². The number of benzene rings is 3. The number of allylic oxidation sites excluding steroid dienone is 1. The van der Waals surface area contributed by atoms with Crippen LogP contribution in [0.15, 0.2) is 101 Å². The van der Waals surface area contributed by atoms with E-state index < -0.39 is 0 Å². The molecule has 4 nitrogen and oxygen atoms in total. The zero-order chi connectivity index (χ0) is 21.2. The molecule has 0 saturated carbocycles. The third-order valence-corrected chi connectivity index (χ3v) is 5.43. The summed E-state index contributed by atoms with van der Waals surface area (Å²) in [7, 11) is 1.62. The van der Waals surface area contributed by atoms with Gasteiger partial charge in [-0.25, -0.2) is 0 Å². The predicted octanol–water partition coefficient (Wildman–Crippen LogP) is 6.49. The van der Waals surface area contributed by atoms with Crippen molar-refractivity contribution in [3.8, 4) is 17.2 Å². The first-order chi connectivity index (χ1) is 15.2. The first kappa shape index (κ1) is 18.9. The third kappa shape index (κ3) is 3.53. The van der Waals surface area contributed by atoms with Gasteiger partial charge in [-0.15, -0.1) is 0 Å². The summed E-state index contributed by atoms with van der Waals surface area (Å²) in [6, 6.07) is 26.8. The minimum absolute atomic E-state index is 0.0515. The Balaban J connectivity index is 1.62. The van der Waals surface area contributed by atoms with Crippen LogP contribution >= 0.6 is 0 Å².